The Morgan fingerprint density at radius 2 is 2.43 bits per heavy atom. The van der Waals surface area contributed by atoms with Crippen LogP contribution in [0.1, 0.15) is 19.0 Å². The fraction of sp³-hybridized carbons (Fsp3) is 0.600. The lowest BCUT2D eigenvalue weighted by atomic mass is 10.2. The van der Waals surface area contributed by atoms with Crippen molar-refractivity contribution in [1.29, 1.82) is 0 Å². The summed E-state index contributed by atoms with van der Waals surface area (Å²) in [6, 6.07) is 4.30. The number of nitrogens with zero attached hydrogens (tertiary/aromatic N) is 2. The Morgan fingerprint density at radius 1 is 1.57 bits per heavy atom. The first-order chi connectivity index (χ1) is 6.83. The minimum Gasteiger partial charge on any atom is -0.385 e. The van der Waals surface area contributed by atoms with Crippen molar-refractivity contribution in [2.24, 2.45) is 0 Å². The zero-order valence-corrected chi connectivity index (χ0v) is 8.73. The lowest BCUT2D eigenvalue weighted by Crippen LogP contribution is -2.27. The van der Waals surface area contributed by atoms with Gasteiger partial charge >= 0.3 is 0 Å². The molecule has 78 valence electrons. The minimum atomic E-state index is 0.442. The van der Waals surface area contributed by atoms with Crippen molar-refractivity contribution in [2.45, 2.75) is 25.9 Å². The van der Waals surface area contributed by atoms with Crippen LogP contribution in [0.4, 0.5) is 0 Å². The largest absolute Gasteiger partial charge is 0.385 e. The van der Waals surface area contributed by atoms with Crippen LogP contribution in [0.3, 0.4) is 0 Å². The molecule has 4 heteroatoms. The Labute approximate surface area is 84.7 Å². The van der Waals surface area contributed by atoms with Crippen LogP contribution in [0.2, 0.25) is 0 Å². The highest BCUT2D eigenvalue weighted by atomic mass is 16.5. The summed E-state index contributed by atoms with van der Waals surface area (Å²) >= 11 is 0. The summed E-state index contributed by atoms with van der Waals surface area (Å²) in [5.74, 6) is 0. The summed E-state index contributed by atoms with van der Waals surface area (Å²) in [7, 11) is 1.72. The molecule has 0 aromatic carbocycles. The molecule has 1 atom stereocenters. The van der Waals surface area contributed by atoms with E-state index in [9.17, 15) is 0 Å². The molecule has 0 bridgehead atoms. The van der Waals surface area contributed by atoms with Crippen molar-refractivity contribution >= 4 is 0 Å². The Hall–Kier alpha value is -1.00. The number of hydrogen-bond acceptors (Lipinski definition) is 4. The quantitative estimate of drug-likeness (QED) is 0.735. The highest BCUT2D eigenvalue weighted by Gasteiger charge is 2.01. The van der Waals surface area contributed by atoms with E-state index in [-0.39, 0.29) is 0 Å². The number of hydrogen-bond donors (Lipinski definition) is 1. The van der Waals surface area contributed by atoms with Gasteiger partial charge in [0.1, 0.15) is 0 Å². The van der Waals surface area contributed by atoms with E-state index in [0.717, 1.165) is 25.3 Å². The molecule has 1 aromatic rings. The van der Waals surface area contributed by atoms with Crippen LogP contribution in [-0.2, 0) is 11.3 Å². The predicted molar refractivity (Wildman–Crippen MR) is 54.8 cm³/mol. The Bertz CT molecular complexity index is 240. The number of rotatable bonds is 6. The van der Waals surface area contributed by atoms with Crippen molar-refractivity contribution in [2.75, 3.05) is 13.7 Å². The molecule has 0 spiro atoms. The minimum absolute atomic E-state index is 0.442. The molecule has 0 saturated heterocycles. The molecule has 1 heterocycles. The first kappa shape index (κ1) is 11.1. The first-order valence-corrected chi connectivity index (χ1v) is 4.82. The Morgan fingerprint density at radius 3 is 3.07 bits per heavy atom. The molecule has 0 amide bonds. The van der Waals surface area contributed by atoms with Crippen LogP contribution < -0.4 is 5.32 Å². The van der Waals surface area contributed by atoms with E-state index in [1.807, 2.05) is 12.1 Å². The van der Waals surface area contributed by atoms with Gasteiger partial charge in [0.05, 0.1) is 5.69 Å². The summed E-state index contributed by atoms with van der Waals surface area (Å²) in [6.45, 7) is 3.68. The molecule has 0 saturated carbocycles. The number of nitrogens with one attached hydrogen (secondary N) is 1. The van der Waals surface area contributed by atoms with Crippen LogP contribution in [-0.4, -0.2) is 30.0 Å². The Kier molecular flexibility index (Phi) is 5.11. The third-order valence-electron chi connectivity index (χ3n) is 2.01. The van der Waals surface area contributed by atoms with Gasteiger partial charge in [0.2, 0.25) is 0 Å². The monoisotopic (exact) mass is 195 g/mol. The zero-order valence-electron chi connectivity index (χ0n) is 8.73. The summed E-state index contributed by atoms with van der Waals surface area (Å²) in [6.07, 6.45) is 2.69. The molecular weight excluding hydrogens is 178 g/mol. The molecule has 0 fully saturated rings. The van der Waals surface area contributed by atoms with Gasteiger partial charge in [-0.25, -0.2) is 0 Å². The third-order valence-corrected chi connectivity index (χ3v) is 2.01. The van der Waals surface area contributed by atoms with Crippen LogP contribution in [0.15, 0.2) is 18.3 Å². The average molecular weight is 195 g/mol. The van der Waals surface area contributed by atoms with Gasteiger partial charge in [-0.15, -0.1) is 0 Å². The number of ether oxygens (including phenoxy) is 1. The van der Waals surface area contributed by atoms with Crippen LogP contribution in [0.5, 0.6) is 0 Å². The SMILES string of the molecule is COCCC(C)NCc1cccnn1. The maximum Gasteiger partial charge on any atom is 0.0769 e. The van der Waals surface area contributed by atoms with Gasteiger partial charge in [0, 0.05) is 32.5 Å². The van der Waals surface area contributed by atoms with Crippen LogP contribution >= 0.6 is 0 Å². The predicted octanol–water partition coefficient (Wildman–Crippen LogP) is 0.991. The van der Waals surface area contributed by atoms with E-state index in [0.29, 0.717) is 6.04 Å². The standard InChI is InChI=1S/C10H17N3O/c1-9(5-7-14-2)11-8-10-4-3-6-12-13-10/h3-4,6,9,11H,5,7-8H2,1-2H3. The normalized spacial score (nSPS) is 12.7. The fourth-order valence-electron chi connectivity index (χ4n) is 1.10. The fourth-order valence-corrected chi connectivity index (χ4v) is 1.10. The highest BCUT2D eigenvalue weighted by Crippen LogP contribution is 1.95. The van der Waals surface area contributed by atoms with Crippen molar-refractivity contribution in [3.8, 4) is 0 Å². The second kappa shape index (κ2) is 6.45. The maximum atomic E-state index is 5.00. The maximum absolute atomic E-state index is 5.00. The van der Waals surface area contributed by atoms with E-state index < -0.39 is 0 Å². The van der Waals surface area contributed by atoms with Gasteiger partial charge in [0.25, 0.3) is 0 Å². The van der Waals surface area contributed by atoms with Crippen LogP contribution in [0, 0.1) is 0 Å². The smallest absolute Gasteiger partial charge is 0.0769 e. The van der Waals surface area contributed by atoms with Crippen LogP contribution in [0.25, 0.3) is 0 Å². The summed E-state index contributed by atoms with van der Waals surface area (Å²) in [4.78, 5) is 0. The molecule has 1 aromatic heterocycles. The van der Waals surface area contributed by atoms with Gasteiger partial charge in [-0.05, 0) is 25.5 Å². The molecule has 1 N–H and O–H groups in total. The molecule has 0 aliphatic rings. The lowest BCUT2D eigenvalue weighted by Gasteiger charge is -2.12. The van der Waals surface area contributed by atoms with E-state index in [2.05, 4.69) is 22.4 Å². The van der Waals surface area contributed by atoms with Crippen molar-refractivity contribution < 1.29 is 4.74 Å². The highest BCUT2D eigenvalue weighted by molar-refractivity contribution is 4.98. The molecule has 1 rings (SSSR count). The number of aromatic nitrogens is 2. The van der Waals surface area contributed by atoms with Crippen molar-refractivity contribution in [3.63, 3.8) is 0 Å². The molecule has 0 aliphatic carbocycles. The summed E-state index contributed by atoms with van der Waals surface area (Å²) in [5.41, 5.74) is 0.969. The van der Waals surface area contributed by atoms with E-state index in [1.54, 1.807) is 13.3 Å². The van der Waals surface area contributed by atoms with E-state index >= 15 is 0 Å². The van der Waals surface area contributed by atoms with Gasteiger partial charge in [0.15, 0.2) is 0 Å². The lowest BCUT2D eigenvalue weighted by molar-refractivity contribution is 0.184. The zero-order chi connectivity index (χ0) is 10.2. The second-order valence-electron chi connectivity index (χ2n) is 3.28. The van der Waals surface area contributed by atoms with Gasteiger partial charge < -0.3 is 10.1 Å². The second-order valence-corrected chi connectivity index (χ2v) is 3.28. The van der Waals surface area contributed by atoms with Crippen molar-refractivity contribution in [3.05, 3.63) is 24.0 Å². The van der Waals surface area contributed by atoms with E-state index in [1.165, 1.54) is 0 Å². The first-order valence-electron chi connectivity index (χ1n) is 4.82. The van der Waals surface area contributed by atoms with E-state index in [4.69, 9.17) is 4.74 Å². The topological polar surface area (TPSA) is 47.0 Å². The Balaban J connectivity index is 2.20. The molecule has 14 heavy (non-hydrogen) atoms. The summed E-state index contributed by atoms with van der Waals surface area (Å²) < 4.78 is 5.00. The molecular formula is C10H17N3O. The molecule has 0 radical (unpaired) electrons. The average Bonchev–Trinajstić information content (AvgIpc) is 2.25. The third kappa shape index (κ3) is 4.30. The molecule has 0 aliphatic heterocycles. The number of methoxy groups -OCH3 is 1. The van der Waals surface area contributed by atoms with Gasteiger partial charge in [-0.2, -0.15) is 10.2 Å². The molecule has 4 nitrogen and oxygen atoms in total. The summed E-state index contributed by atoms with van der Waals surface area (Å²) in [5, 5.41) is 11.1. The molecule has 1 unspecified atom stereocenters. The van der Waals surface area contributed by atoms with Gasteiger partial charge in [-0.1, -0.05) is 0 Å². The van der Waals surface area contributed by atoms with Gasteiger partial charge in [-0.3, -0.25) is 0 Å². The van der Waals surface area contributed by atoms with Crippen molar-refractivity contribution in [1.82, 2.24) is 15.5 Å².